The molecule has 2 aliphatic rings. The minimum absolute atomic E-state index is 0.831. The van der Waals surface area contributed by atoms with Gasteiger partial charge in [0, 0.05) is 26.2 Å². The van der Waals surface area contributed by atoms with Gasteiger partial charge >= 0.3 is 0 Å². The van der Waals surface area contributed by atoms with E-state index in [1.165, 1.54) is 25.9 Å². The van der Waals surface area contributed by atoms with Gasteiger partial charge in [-0.05, 0) is 37.8 Å². The molecule has 22 heavy (non-hydrogen) atoms. The molecule has 0 unspecified atom stereocenters. The van der Waals surface area contributed by atoms with Gasteiger partial charge in [0.2, 0.25) is 0 Å². The molecule has 0 aliphatic carbocycles. The third-order valence-electron chi connectivity index (χ3n) is 4.25. The van der Waals surface area contributed by atoms with Crippen LogP contribution < -0.4 is 0 Å². The fraction of sp³-hybridized carbons (Fsp3) is 1.00. The van der Waals surface area contributed by atoms with Crippen molar-refractivity contribution in [2.24, 2.45) is 11.8 Å². The van der Waals surface area contributed by atoms with Crippen LogP contribution in [0.5, 0.6) is 0 Å². The molecule has 4 nitrogen and oxygen atoms in total. The van der Waals surface area contributed by atoms with E-state index in [9.17, 15) is 0 Å². The van der Waals surface area contributed by atoms with Crippen molar-refractivity contribution in [1.29, 1.82) is 0 Å². The average Bonchev–Trinajstić information content (AvgIpc) is 2.53. The monoisotopic (exact) mass is 314 g/mol. The summed E-state index contributed by atoms with van der Waals surface area (Å²) in [6, 6.07) is 0. The lowest BCUT2D eigenvalue weighted by Gasteiger charge is -2.26. The zero-order valence-electron chi connectivity index (χ0n) is 15.4. The second kappa shape index (κ2) is 12.3. The highest BCUT2D eigenvalue weighted by atomic mass is 16.5. The van der Waals surface area contributed by atoms with Crippen molar-refractivity contribution in [1.82, 2.24) is 9.80 Å². The molecule has 2 saturated heterocycles. The van der Waals surface area contributed by atoms with Crippen molar-refractivity contribution in [3.8, 4) is 0 Å². The van der Waals surface area contributed by atoms with Gasteiger partial charge in [0.25, 0.3) is 0 Å². The Balaban J connectivity index is 0.000000220. The lowest BCUT2D eigenvalue weighted by Crippen LogP contribution is -2.37. The van der Waals surface area contributed by atoms with E-state index in [1.807, 2.05) is 0 Å². The molecular weight excluding hydrogens is 276 g/mol. The van der Waals surface area contributed by atoms with E-state index in [4.69, 9.17) is 9.47 Å². The summed E-state index contributed by atoms with van der Waals surface area (Å²) in [5.74, 6) is 1.66. The van der Waals surface area contributed by atoms with E-state index in [0.717, 1.165) is 64.4 Å². The third kappa shape index (κ3) is 10.5. The summed E-state index contributed by atoms with van der Waals surface area (Å²) in [6.07, 6.45) is 2.64. The summed E-state index contributed by atoms with van der Waals surface area (Å²) in [4.78, 5) is 4.98. The lowest BCUT2D eigenvalue weighted by atomic mass is 10.1. The van der Waals surface area contributed by atoms with Gasteiger partial charge < -0.3 is 9.47 Å². The van der Waals surface area contributed by atoms with Crippen LogP contribution >= 0.6 is 0 Å². The molecular formula is C18H38N2O2. The summed E-state index contributed by atoms with van der Waals surface area (Å²) < 4.78 is 10.5. The van der Waals surface area contributed by atoms with Crippen molar-refractivity contribution in [3.05, 3.63) is 0 Å². The van der Waals surface area contributed by atoms with Crippen LogP contribution in [-0.2, 0) is 9.47 Å². The van der Waals surface area contributed by atoms with Crippen molar-refractivity contribution in [2.45, 2.75) is 40.5 Å². The molecule has 2 rings (SSSR count). The Morgan fingerprint density at radius 2 is 0.955 bits per heavy atom. The van der Waals surface area contributed by atoms with Gasteiger partial charge in [-0.2, -0.15) is 0 Å². The maximum atomic E-state index is 5.26. The molecule has 0 amide bonds. The van der Waals surface area contributed by atoms with Crippen molar-refractivity contribution in [2.75, 3.05) is 65.7 Å². The number of hydrogen-bond acceptors (Lipinski definition) is 4. The van der Waals surface area contributed by atoms with Gasteiger partial charge in [0.05, 0.1) is 26.4 Å². The highest BCUT2D eigenvalue weighted by molar-refractivity contribution is 4.63. The van der Waals surface area contributed by atoms with E-state index < -0.39 is 0 Å². The van der Waals surface area contributed by atoms with Gasteiger partial charge in [0.15, 0.2) is 0 Å². The van der Waals surface area contributed by atoms with Crippen LogP contribution in [0.3, 0.4) is 0 Å². The standard InChI is InChI=1S/2C9H19NO/c2*1-9(2)3-4-10-5-7-11-8-6-10/h2*9H,3-8H2,1-2H3. The maximum Gasteiger partial charge on any atom is 0.0594 e. The predicted molar refractivity (Wildman–Crippen MR) is 93.4 cm³/mol. The summed E-state index contributed by atoms with van der Waals surface area (Å²) in [5, 5.41) is 0. The smallest absolute Gasteiger partial charge is 0.0594 e. The summed E-state index contributed by atoms with van der Waals surface area (Å²) in [6.45, 7) is 19.9. The van der Waals surface area contributed by atoms with Crippen molar-refractivity contribution < 1.29 is 9.47 Å². The molecule has 0 bridgehead atoms. The Hall–Kier alpha value is -0.160. The Morgan fingerprint density at radius 3 is 1.23 bits per heavy atom. The highest BCUT2D eigenvalue weighted by Gasteiger charge is 2.10. The Kier molecular flexibility index (Phi) is 11.1. The molecule has 0 aromatic heterocycles. The summed E-state index contributed by atoms with van der Waals surface area (Å²) in [7, 11) is 0. The van der Waals surface area contributed by atoms with E-state index in [-0.39, 0.29) is 0 Å². The number of hydrogen-bond donors (Lipinski definition) is 0. The zero-order chi connectivity index (χ0) is 16.2. The fourth-order valence-corrected chi connectivity index (χ4v) is 2.53. The third-order valence-corrected chi connectivity index (χ3v) is 4.25. The quantitative estimate of drug-likeness (QED) is 0.752. The lowest BCUT2D eigenvalue weighted by molar-refractivity contribution is 0.0359. The summed E-state index contributed by atoms with van der Waals surface area (Å²) >= 11 is 0. The van der Waals surface area contributed by atoms with E-state index >= 15 is 0 Å². The molecule has 2 heterocycles. The van der Waals surface area contributed by atoms with Crippen LogP contribution in [0.1, 0.15) is 40.5 Å². The van der Waals surface area contributed by atoms with Crippen molar-refractivity contribution >= 4 is 0 Å². The van der Waals surface area contributed by atoms with E-state index in [0.29, 0.717) is 0 Å². The first-order valence-corrected chi connectivity index (χ1v) is 9.18. The first-order chi connectivity index (χ1) is 10.6. The molecule has 0 spiro atoms. The number of rotatable bonds is 6. The molecule has 132 valence electrons. The molecule has 0 N–H and O–H groups in total. The predicted octanol–water partition coefficient (Wildman–Crippen LogP) is 2.73. The van der Waals surface area contributed by atoms with Crippen LogP contribution in [0.15, 0.2) is 0 Å². The Labute approximate surface area is 138 Å². The number of nitrogens with zero attached hydrogens (tertiary/aromatic N) is 2. The Morgan fingerprint density at radius 1 is 0.636 bits per heavy atom. The van der Waals surface area contributed by atoms with Crippen LogP contribution in [0, 0.1) is 11.8 Å². The molecule has 0 radical (unpaired) electrons. The van der Waals surface area contributed by atoms with Crippen LogP contribution in [-0.4, -0.2) is 75.5 Å². The second-order valence-corrected chi connectivity index (χ2v) is 7.27. The van der Waals surface area contributed by atoms with Gasteiger partial charge in [-0.3, -0.25) is 9.80 Å². The first-order valence-electron chi connectivity index (χ1n) is 9.18. The second-order valence-electron chi connectivity index (χ2n) is 7.27. The van der Waals surface area contributed by atoms with E-state index in [1.54, 1.807) is 0 Å². The molecule has 2 fully saturated rings. The highest BCUT2D eigenvalue weighted by Crippen LogP contribution is 2.04. The van der Waals surface area contributed by atoms with Crippen LogP contribution in [0.2, 0.25) is 0 Å². The van der Waals surface area contributed by atoms with Gasteiger partial charge in [-0.1, -0.05) is 27.7 Å². The maximum absolute atomic E-state index is 5.26. The largest absolute Gasteiger partial charge is 0.379 e. The normalized spacial score (nSPS) is 21.0. The molecule has 0 aromatic rings. The van der Waals surface area contributed by atoms with Gasteiger partial charge in [-0.15, -0.1) is 0 Å². The molecule has 4 heteroatoms. The molecule has 0 aromatic carbocycles. The van der Waals surface area contributed by atoms with Gasteiger partial charge in [-0.25, -0.2) is 0 Å². The van der Waals surface area contributed by atoms with Crippen molar-refractivity contribution in [3.63, 3.8) is 0 Å². The minimum Gasteiger partial charge on any atom is -0.379 e. The number of morpholine rings is 2. The SMILES string of the molecule is CC(C)CCN1CCOCC1.CC(C)CCN1CCOCC1. The fourth-order valence-electron chi connectivity index (χ4n) is 2.53. The minimum atomic E-state index is 0.831. The average molecular weight is 315 g/mol. The van der Waals surface area contributed by atoms with E-state index in [2.05, 4.69) is 37.5 Å². The molecule has 0 atom stereocenters. The zero-order valence-corrected chi connectivity index (χ0v) is 15.4. The number of ether oxygens (including phenoxy) is 2. The first kappa shape index (κ1) is 19.9. The Bertz CT molecular complexity index is 221. The van der Waals surface area contributed by atoms with Crippen LogP contribution in [0.25, 0.3) is 0 Å². The summed E-state index contributed by atoms with van der Waals surface area (Å²) in [5.41, 5.74) is 0. The molecule has 0 saturated carbocycles. The van der Waals surface area contributed by atoms with Crippen LogP contribution in [0.4, 0.5) is 0 Å². The van der Waals surface area contributed by atoms with Gasteiger partial charge in [0.1, 0.15) is 0 Å². The topological polar surface area (TPSA) is 24.9 Å². The molecule has 2 aliphatic heterocycles.